The van der Waals surface area contributed by atoms with E-state index in [0.717, 1.165) is 10.5 Å². The zero-order valence-electron chi connectivity index (χ0n) is 19.7. The highest BCUT2D eigenvalue weighted by molar-refractivity contribution is 6.39. The molecule has 2 aromatic carbocycles. The first-order valence-electron chi connectivity index (χ1n) is 11.4. The summed E-state index contributed by atoms with van der Waals surface area (Å²) in [5, 5.41) is 2.46. The van der Waals surface area contributed by atoms with Crippen molar-refractivity contribution in [3.8, 4) is 11.3 Å². The Balaban J connectivity index is 1.65. The van der Waals surface area contributed by atoms with Gasteiger partial charge in [0.05, 0.1) is 22.9 Å². The van der Waals surface area contributed by atoms with Crippen LogP contribution in [-0.4, -0.2) is 30.4 Å². The summed E-state index contributed by atoms with van der Waals surface area (Å²) in [5.41, 5.74) is 1.70. The molecule has 4 amide bonds. The van der Waals surface area contributed by atoms with Gasteiger partial charge in [0.2, 0.25) is 0 Å². The number of amides is 4. The summed E-state index contributed by atoms with van der Waals surface area (Å²) in [5.74, 6) is -1.52. The Labute approximate surface area is 212 Å². The van der Waals surface area contributed by atoms with Gasteiger partial charge in [-0.3, -0.25) is 14.9 Å². The van der Waals surface area contributed by atoms with Gasteiger partial charge in [-0.15, -0.1) is 0 Å². The van der Waals surface area contributed by atoms with Crippen LogP contribution in [0.5, 0.6) is 0 Å². The zero-order chi connectivity index (χ0) is 25.8. The molecule has 1 aromatic heterocycles. The fourth-order valence-electron chi connectivity index (χ4n) is 3.74. The number of rotatable bonds is 7. The van der Waals surface area contributed by atoms with Crippen LogP contribution in [-0.2, 0) is 20.7 Å². The summed E-state index contributed by atoms with van der Waals surface area (Å²) in [6.07, 6.45) is 2.55. The lowest BCUT2D eigenvalue weighted by Crippen LogP contribution is -2.54. The number of furan rings is 1. The monoisotopic (exact) mass is 506 g/mol. The molecule has 0 bridgehead atoms. The number of carbonyl (C=O) groups is 4. The molecule has 1 saturated heterocycles. The van der Waals surface area contributed by atoms with E-state index in [-0.39, 0.29) is 28.5 Å². The fourth-order valence-corrected chi connectivity index (χ4v) is 3.93. The van der Waals surface area contributed by atoms with Gasteiger partial charge in [0.1, 0.15) is 17.1 Å². The van der Waals surface area contributed by atoms with Crippen LogP contribution in [0.4, 0.5) is 10.5 Å². The Hall–Kier alpha value is -4.17. The van der Waals surface area contributed by atoms with Crippen LogP contribution in [0, 0.1) is 0 Å². The normalized spacial score (nSPS) is 14.8. The van der Waals surface area contributed by atoms with Gasteiger partial charge in [-0.05, 0) is 60.9 Å². The van der Waals surface area contributed by atoms with Gasteiger partial charge in [0.15, 0.2) is 0 Å². The molecule has 0 radical (unpaired) electrons. The number of carbonyl (C=O) groups excluding carboxylic acids is 4. The molecule has 4 rings (SSSR count). The fraction of sp³-hybridized carbons (Fsp3) is 0.185. The molecule has 2 heterocycles. The van der Waals surface area contributed by atoms with Gasteiger partial charge in [0, 0.05) is 5.56 Å². The molecule has 1 aliphatic rings. The van der Waals surface area contributed by atoms with E-state index >= 15 is 0 Å². The first kappa shape index (κ1) is 24.9. The van der Waals surface area contributed by atoms with Crippen molar-refractivity contribution in [3.05, 3.63) is 82.1 Å². The summed E-state index contributed by atoms with van der Waals surface area (Å²) in [6.45, 7) is 4.07. The van der Waals surface area contributed by atoms with Crippen molar-refractivity contribution in [1.29, 1.82) is 0 Å². The Bertz CT molecular complexity index is 1390. The van der Waals surface area contributed by atoms with Gasteiger partial charge in [-0.2, -0.15) is 0 Å². The summed E-state index contributed by atoms with van der Waals surface area (Å²) in [6, 6.07) is 14.2. The molecule has 8 nitrogen and oxygen atoms in total. The lowest BCUT2D eigenvalue weighted by atomic mass is 10.1. The highest BCUT2D eigenvalue weighted by atomic mass is 35.5. The first-order chi connectivity index (χ1) is 17.3. The number of imide groups is 2. The largest absolute Gasteiger partial charge is 0.462 e. The molecule has 184 valence electrons. The maximum atomic E-state index is 13.2. The number of para-hydroxylation sites is 1. The van der Waals surface area contributed by atoms with Crippen LogP contribution in [0.1, 0.15) is 41.9 Å². The summed E-state index contributed by atoms with van der Waals surface area (Å²) < 4.78 is 11.0. The van der Waals surface area contributed by atoms with Gasteiger partial charge < -0.3 is 9.15 Å². The second kappa shape index (κ2) is 10.6. The molecule has 1 N–H and O–H groups in total. The van der Waals surface area contributed by atoms with Crippen molar-refractivity contribution in [2.45, 2.75) is 26.7 Å². The molecule has 0 aliphatic carbocycles. The number of hydrogen-bond acceptors (Lipinski definition) is 6. The number of benzene rings is 2. The van der Waals surface area contributed by atoms with Crippen LogP contribution in [0.2, 0.25) is 5.02 Å². The van der Waals surface area contributed by atoms with Gasteiger partial charge in [0.25, 0.3) is 11.8 Å². The predicted molar refractivity (Wildman–Crippen MR) is 135 cm³/mol. The van der Waals surface area contributed by atoms with Crippen molar-refractivity contribution < 1.29 is 28.3 Å². The number of barbiturate groups is 1. The summed E-state index contributed by atoms with van der Waals surface area (Å²) in [7, 11) is 0. The highest BCUT2D eigenvalue weighted by Gasteiger charge is 2.37. The van der Waals surface area contributed by atoms with E-state index in [2.05, 4.69) is 5.32 Å². The number of nitrogens with zero attached hydrogens (tertiary/aromatic N) is 1. The Kier molecular flexibility index (Phi) is 7.36. The maximum absolute atomic E-state index is 13.2. The van der Waals surface area contributed by atoms with Crippen LogP contribution in [0.25, 0.3) is 17.4 Å². The van der Waals surface area contributed by atoms with E-state index in [1.54, 1.807) is 42.5 Å². The van der Waals surface area contributed by atoms with Crippen LogP contribution in [0.3, 0.4) is 0 Å². The molecule has 9 heteroatoms. The smallest absolute Gasteiger partial charge is 0.339 e. The zero-order valence-corrected chi connectivity index (χ0v) is 20.4. The van der Waals surface area contributed by atoms with E-state index in [0.29, 0.717) is 29.9 Å². The number of aryl methyl sites for hydroxylation is 1. The quantitative estimate of drug-likeness (QED) is 0.261. The van der Waals surface area contributed by atoms with Crippen LogP contribution >= 0.6 is 11.6 Å². The number of hydrogen-bond donors (Lipinski definition) is 1. The molecule has 0 atom stereocenters. The Morgan fingerprint density at radius 1 is 1.08 bits per heavy atom. The van der Waals surface area contributed by atoms with Crippen LogP contribution in [0.15, 0.2) is 64.6 Å². The van der Waals surface area contributed by atoms with Crippen molar-refractivity contribution in [1.82, 2.24) is 5.32 Å². The number of anilines is 1. The highest BCUT2D eigenvalue weighted by Crippen LogP contribution is 2.30. The Morgan fingerprint density at radius 2 is 1.86 bits per heavy atom. The maximum Gasteiger partial charge on any atom is 0.339 e. The average Bonchev–Trinajstić information content (AvgIpc) is 3.34. The van der Waals surface area contributed by atoms with E-state index < -0.39 is 23.8 Å². The molecule has 0 saturated carbocycles. The van der Waals surface area contributed by atoms with E-state index in [1.807, 2.05) is 26.0 Å². The van der Waals surface area contributed by atoms with E-state index in [4.69, 9.17) is 20.8 Å². The minimum atomic E-state index is -0.819. The molecule has 1 fully saturated rings. The molecule has 1 aliphatic heterocycles. The third-order valence-corrected chi connectivity index (χ3v) is 5.87. The number of esters is 1. The van der Waals surface area contributed by atoms with Gasteiger partial charge in [-0.25, -0.2) is 14.5 Å². The minimum absolute atomic E-state index is 0.199. The lowest BCUT2D eigenvalue weighted by Gasteiger charge is -2.27. The topological polar surface area (TPSA) is 106 Å². The molecular formula is C27H23ClN2O6. The van der Waals surface area contributed by atoms with Crippen molar-refractivity contribution in [2.75, 3.05) is 11.5 Å². The third kappa shape index (κ3) is 4.94. The van der Waals surface area contributed by atoms with Gasteiger partial charge >= 0.3 is 12.0 Å². The van der Waals surface area contributed by atoms with Gasteiger partial charge in [-0.1, -0.05) is 43.6 Å². The predicted octanol–water partition coefficient (Wildman–Crippen LogP) is 5.40. The van der Waals surface area contributed by atoms with E-state index in [9.17, 15) is 19.2 Å². The SMILES string of the molecule is CCCOC(=O)c1cc(-c2ccc(C=C3C(=O)NC(=O)N(c4ccccc4CC)C3=O)o2)ccc1Cl. The standard InChI is InChI=1S/C27H23ClN2O6/c1-3-13-35-26(33)19-14-17(9-11-21(19)28)23-12-10-18(36-23)15-20-24(31)29-27(34)30(25(20)32)22-8-6-5-7-16(22)4-2/h5-12,14-15H,3-4,13H2,1-2H3,(H,29,31,34). The number of halogens is 1. The summed E-state index contributed by atoms with van der Waals surface area (Å²) >= 11 is 6.17. The first-order valence-corrected chi connectivity index (χ1v) is 11.8. The molecule has 0 spiro atoms. The lowest BCUT2D eigenvalue weighted by molar-refractivity contribution is -0.122. The summed E-state index contributed by atoms with van der Waals surface area (Å²) in [4.78, 5) is 51.5. The van der Waals surface area contributed by atoms with Crippen molar-refractivity contribution in [3.63, 3.8) is 0 Å². The average molecular weight is 507 g/mol. The molecule has 3 aromatic rings. The van der Waals surface area contributed by atoms with Crippen LogP contribution < -0.4 is 10.2 Å². The number of ether oxygens (including phenoxy) is 1. The minimum Gasteiger partial charge on any atom is -0.462 e. The molecule has 36 heavy (non-hydrogen) atoms. The second-order valence-electron chi connectivity index (χ2n) is 7.97. The van der Waals surface area contributed by atoms with E-state index in [1.165, 1.54) is 6.08 Å². The molecular weight excluding hydrogens is 484 g/mol. The number of nitrogens with one attached hydrogen (secondary N) is 1. The Morgan fingerprint density at radius 3 is 2.61 bits per heavy atom. The second-order valence-corrected chi connectivity index (χ2v) is 8.38. The third-order valence-electron chi connectivity index (χ3n) is 5.54. The number of urea groups is 1. The molecule has 0 unspecified atom stereocenters. The van der Waals surface area contributed by atoms with Crippen molar-refractivity contribution >= 4 is 47.2 Å². The van der Waals surface area contributed by atoms with Crippen molar-refractivity contribution in [2.24, 2.45) is 0 Å².